The Bertz CT molecular complexity index is 1280. The summed E-state index contributed by atoms with van der Waals surface area (Å²) in [5.74, 6) is -0.619. The van der Waals surface area contributed by atoms with Crippen molar-refractivity contribution < 1.29 is 14.0 Å². The number of hydrogen-bond donors (Lipinski definition) is 2. The summed E-state index contributed by atoms with van der Waals surface area (Å²) in [6.45, 7) is 6.93. The number of aryl methyl sites for hydroxylation is 1. The number of carbonyl (C=O) groups excluding carboxylic acids is 2. The molecule has 0 radical (unpaired) electrons. The van der Waals surface area contributed by atoms with Gasteiger partial charge in [-0.3, -0.25) is 28.9 Å². The molecule has 3 aliphatic heterocycles. The lowest BCUT2D eigenvalue weighted by Gasteiger charge is -2.46. The fourth-order valence-corrected chi connectivity index (χ4v) is 6.90. The molecule has 2 amide bonds. The number of piperazine rings is 1. The number of nitrogens with one attached hydrogen (secondary N) is 1. The van der Waals surface area contributed by atoms with E-state index in [-0.39, 0.29) is 30.3 Å². The number of halogens is 1. The predicted molar refractivity (Wildman–Crippen MR) is 143 cm³/mol. The van der Waals surface area contributed by atoms with E-state index in [2.05, 4.69) is 20.0 Å². The highest BCUT2D eigenvalue weighted by atomic mass is 19.1. The molecule has 10 nitrogen and oxygen atoms in total. The van der Waals surface area contributed by atoms with Crippen LogP contribution in [0.3, 0.4) is 0 Å². The number of nitrogens with zero attached hydrogens (tertiary/aromatic N) is 5. The van der Waals surface area contributed by atoms with Crippen molar-refractivity contribution in [1.29, 1.82) is 0 Å². The van der Waals surface area contributed by atoms with Gasteiger partial charge >= 0.3 is 5.69 Å². The van der Waals surface area contributed by atoms with Crippen molar-refractivity contribution in [1.82, 2.24) is 24.3 Å². The van der Waals surface area contributed by atoms with Crippen LogP contribution in [0.25, 0.3) is 11.0 Å². The van der Waals surface area contributed by atoms with Gasteiger partial charge in [0.25, 0.3) is 0 Å². The Kier molecular flexibility index (Phi) is 6.77. The molecule has 4 fully saturated rings. The Morgan fingerprint density at radius 2 is 1.71 bits per heavy atom. The first-order valence-corrected chi connectivity index (χ1v) is 14.0. The second-order valence-electron chi connectivity index (χ2n) is 11.6. The van der Waals surface area contributed by atoms with Crippen LogP contribution in [-0.4, -0.2) is 88.6 Å². The summed E-state index contributed by atoms with van der Waals surface area (Å²) in [6.07, 6.45) is 4.62. The number of carbonyl (C=O) groups is 2. The second kappa shape index (κ2) is 10.1. The molecule has 0 bridgehead atoms. The van der Waals surface area contributed by atoms with E-state index in [1.165, 1.54) is 15.2 Å². The molecular formula is C27H38FN7O3. The van der Waals surface area contributed by atoms with Crippen molar-refractivity contribution in [2.24, 2.45) is 18.7 Å². The molecule has 4 aliphatic rings. The van der Waals surface area contributed by atoms with Gasteiger partial charge in [-0.2, -0.15) is 0 Å². The number of aromatic nitrogens is 2. The highest BCUT2D eigenvalue weighted by Crippen LogP contribution is 2.34. The van der Waals surface area contributed by atoms with Gasteiger partial charge in [-0.05, 0) is 50.2 Å². The molecule has 11 heteroatoms. The molecule has 1 aliphatic carbocycles. The fraction of sp³-hybridized carbons (Fsp3) is 0.667. The zero-order valence-corrected chi connectivity index (χ0v) is 22.1. The van der Waals surface area contributed by atoms with E-state index < -0.39 is 11.9 Å². The molecule has 3 N–H and O–H groups in total. The first-order valence-electron chi connectivity index (χ1n) is 14.0. The smallest absolute Gasteiger partial charge is 0.329 e. The average Bonchev–Trinajstić information content (AvgIpc) is 3.13. The number of nitrogens with two attached hydrogens (primary N) is 1. The largest absolute Gasteiger partial charge is 0.367 e. The van der Waals surface area contributed by atoms with Crippen molar-refractivity contribution in [2.75, 3.05) is 50.7 Å². The first-order chi connectivity index (χ1) is 18.3. The molecule has 1 aromatic carbocycles. The number of fused-ring (bicyclic) bond motifs is 1. The van der Waals surface area contributed by atoms with Gasteiger partial charge in [0.15, 0.2) is 0 Å². The van der Waals surface area contributed by atoms with Crippen LogP contribution in [0.5, 0.6) is 0 Å². The Hall–Kier alpha value is -2.76. The van der Waals surface area contributed by atoms with Crippen molar-refractivity contribution in [3.63, 3.8) is 0 Å². The van der Waals surface area contributed by atoms with Gasteiger partial charge in [-0.25, -0.2) is 9.18 Å². The summed E-state index contributed by atoms with van der Waals surface area (Å²) < 4.78 is 18.2. The summed E-state index contributed by atoms with van der Waals surface area (Å²) in [5, 5.41) is 2.33. The van der Waals surface area contributed by atoms with Gasteiger partial charge < -0.3 is 15.5 Å². The lowest BCUT2D eigenvalue weighted by Crippen LogP contribution is -2.57. The van der Waals surface area contributed by atoms with E-state index >= 15 is 4.39 Å². The summed E-state index contributed by atoms with van der Waals surface area (Å²) in [6, 6.07) is 3.24. The minimum atomic E-state index is -0.783. The van der Waals surface area contributed by atoms with Gasteiger partial charge in [0.2, 0.25) is 11.8 Å². The second-order valence-corrected chi connectivity index (χ2v) is 11.6. The zero-order valence-electron chi connectivity index (χ0n) is 22.1. The van der Waals surface area contributed by atoms with Crippen LogP contribution in [-0.2, 0) is 16.6 Å². The number of amides is 2. The molecule has 1 atom stereocenters. The van der Waals surface area contributed by atoms with Crippen LogP contribution >= 0.6 is 0 Å². The molecule has 38 heavy (non-hydrogen) atoms. The van der Waals surface area contributed by atoms with Crippen molar-refractivity contribution in [3.05, 3.63) is 28.4 Å². The number of rotatable bonds is 5. The van der Waals surface area contributed by atoms with Crippen LogP contribution in [0.2, 0.25) is 0 Å². The number of piperidine rings is 2. The summed E-state index contributed by atoms with van der Waals surface area (Å²) in [4.78, 5) is 44.7. The molecule has 2 aromatic rings. The maximum Gasteiger partial charge on any atom is 0.329 e. The highest BCUT2D eigenvalue weighted by Gasteiger charge is 2.35. The Morgan fingerprint density at radius 1 is 1.00 bits per heavy atom. The lowest BCUT2D eigenvalue weighted by atomic mass is 9.86. The molecule has 1 saturated carbocycles. The number of anilines is 1. The van der Waals surface area contributed by atoms with Crippen LogP contribution in [0.15, 0.2) is 16.9 Å². The monoisotopic (exact) mass is 527 g/mol. The number of imide groups is 1. The average molecular weight is 528 g/mol. The third-order valence-electron chi connectivity index (χ3n) is 9.21. The quantitative estimate of drug-likeness (QED) is 0.554. The summed E-state index contributed by atoms with van der Waals surface area (Å²) in [5.41, 5.74) is 7.05. The van der Waals surface area contributed by atoms with Crippen LogP contribution in [0, 0.1) is 11.7 Å². The normalized spacial score (nSPS) is 28.1. The van der Waals surface area contributed by atoms with E-state index in [0.29, 0.717) is 34.7 Å². The lowest BCUT2D eigenvalue weighted by molar-refractivity contribution is -0.135. The number of benzene rings is 1. The van der Waals surface area contributed by atoms with E-state index in [1.807, 2.05) is 0 Å². The van der Waals surface area contributed by atoms with E-state index in [0.717, 1.165) is 71.5 Å². The minimum absolute atomic E-state index is 0.171. The van der Waals surface area contributed by atoms with Crippen molar-refractivity contribution >= 4 is 28.5 Å². The standard InChI is InChI=1S/C27H38FN7O3/c1-31-25-21(35(27(31)38)22-4-5-23(36)30-26(22)37)3-2-20(28)24(25)34-8-6-17(7-9-34)16-32-10-12-33(13-11-32)19-14-18(29)15-19/h2-3,17-19,22H,4-16,29H2,1H3,(H,30,36,37). The fourth-order valence-electron chi connectivity index (χ4n) is 6.90. The van der Waals surface area contributed by atoms with Crippen LogP contribution < -0.4 is 21.6 Å². The van der Waals surface area contributed by atoms with Gasteiger partial charge in [0.05, 0.1) is 16.7 Å². The SMILES string of the molecule is Cn1c(=O)n(C2CCC(=O)NC2=O)c2ccc(F)c(N3CCC(CN4CCN(C5CC(N)C5)CC4)CC3)c21. The summed E-state index contributed by atoms with van der Waals surface area (Å²) >= 11 is 0. The van der Waals surface area contributed by atoms with Crippen molar-refractivity contribution in [2.45, 2.75) is 56.7 Å². The van der Waals surface area contributed by atoms with E-state index in [1.54, 1.807) is 13.1 Å². The zero-order chi connectivity index (χ0) is 26.6. The molecule has 6 rings (SSSR count). The molecule has 206 valence electrons. The number of imidazole rings is 1. The molecule has 1 aromatic heterocycles. The highest BCUT2D eigenvalue weighted by molar-refractivity contribution is 6.00. The maximum atomic E-state index is 15.3. The molecular weight excluding hydrogens is 489 g/mol. The molecule has 1 unspecified atom stereocenters. The third kappa shape index (κ3) is 4.54. The Balaban J connectivity index is 1.14. The molecule has 0 spiro atoms. The maximum absolute atomic E-state index is 15.3. The Morgan fingerprint density at radius 3 is 2.37 bits per heavy atom. The van der Waals surface area contributed by atoms with Gasteiger partial charge in [-0.15, -0.1) is 0 Å². The summed E-state index contributed by atoms with van der Waals surface area (Å²) in [7, 11) is 1.62. The topological polar surface area (TPSA) is 109 Å². The minimum Gasteiger partial charge on any atom is -0.367 e. The predicted octanol–water partition coefficient (Wildman–Crippen LogP) is 0.781. The van der Waals surface area contributed by atoms with Gasteiger partial charge in [-0.1, -0.05) is 0 Å². The Labute approximate surface area is 221 Å². The molecule has 3 saturated heterocycles. The molecule has 4 heterocycles. The van der Waals surface area contributed by atoms with Gasteiger partial charge in [0.1, 0.15) is 11.9 Å². The number of hydrogen-bond acceptors (Lipinski definition) is 7. The van der Waals surface area contributed by atoms with Crippen LogP contribution in [0.1, 0.15) is 44.6 Å². The van der Waals surface area contributed by atoms with Crippen molar-refractivity contribution in [3.8, 4) is 0 Å². The van der Waals surface area contributed by atoms with Crippen LogP contribution in [0.4, 0.5) is 10.1 Å². The van der Waals surface area contributed by atoms with E-state index in [9.17, 15) is 14.4 Å². The van der Waals surface area contributed by atoms with Gasteiger partial charge in [0, 0.05) is 71.4 Å². The third-order valence-corrected chi connectivity index (χ3v) is 9.21. The van der Waals surface area contributed by atoms with E-state index in [4.69, 9.17) is 5.73 Å². The first kappa shape index (κ1) is 25.5.